The summed E-state index contributed by atoms with van der Waals surface area (Å²) in [6, 6.07) is 4.06. The third kappa shape index (κ3) is 2.67. The first-order valence-electron chi connectivity index (χ1n) is 3.88. The van der Waals surface area contributed by atoms with Crippen LogP contribution in [-0.4, -0.2) is 12.6 Å². The number of carbonyl (C=O) groups is 1. The molecule has 1 rings (SSSR count). The fraction of sp³-hybridized carbons (Fsp3) is 0.100. The van der Waals surface area contributed by atoms with Crippen molar-refractivity contribution >= 4 is 21.9 Å². The molecule has 1 aromatic rings. The Bertz CT molecular complexity index is 363. The standard InChI is InChI=1S/C10H8BrFO2/c1-2-5-14-10(13)7-3-4-8(11)9(12)6-7/h2-4,6H,1,5H2. The van der Waals surface area contributed by atoms with E-state index in [1.165, 1.54) is 18.2 Å². The predicted octanol–water partition coefficient (Wildman–Crippen LogP) is 2.93. The van der Waals surface area contributed by atoms with Crippen LogP contribution in [0.2, 0.25) is 0 Å². The molecule has 0 fully saturated rings. The fourth-order valence-electron chi connectivity index (χ4n) is 0.841. The maximum atomic E-state index is 13.0. The molecular weight excluding hydrogens is 251 g/mol. The van der Waals surface area contributed by atoms with Crippen LogP contribution < -0.4 is 0 Å². The highest BCUT2D eigenvalue weighted by Crippen LogP contribution is 2.16. The molecule has 0 aromatic heterocycles. The van der Waals surface area contributed by atoms with E-state index in [1.807, 2.05) is 0 Å². The van der Waals surface area contributed by atoms with Crippen molar-refractivity contribution in [2.24, 2.45) is 0 Å². The molecule has 0 amide bonds. The Labute approximate surface area is 89.5 Å². The summed E-state index contributed by atoms with van der Waals surface area (Å²) in [5, 5.41) is 0. The van der Waals surface area contributed by atoms with Gasteiger partial charge in [0.15, 0.2) is 0 Å². The maximum Gasteiger partial charge on any atom is 0.338 e. The number of rotatable bonds is 3. The Balaban J connectivity index is 2.80. The average molecular weight is 259 g/mol. The summed E-state index contributed by atoms with van der Waals surface area (Å²) in [6.45, 7) is 3.52. The normalized spacial score (nSPS) is 9.57. The minimum Gasteiger partial charge on any atom is -0.458 e. The number of halogens is 2. The number of ether oxygens (including phenoxy) is 1. The number of hydrogen-bond donors (Lipinski definition) is 0. The van der Waals surface area contributed by atoms with Gasteiger partial charge in [0.2, 0.25) is 0 Å². The molecule has 4 heteroatoms. The van der Waals surface area contributed by atoms with Gasteiger partial charge in [0, 0.05) is 0 Å². The lowest BCUT2D eigenvalue weighted by Crippen LogP contribution is -2.05. The van der Waals surface area contributed by atoms with Gasteiger partial charge in [0.05, 0.1) is 10.0 Å². The van der Waals surface area contributed by atoms with E-state index in [4.69, 9.17) is 4.74 Å². The highest BCUT2D eigenvalue weighted by Gasteiger charge is 2.08. The Hall–Kier alpha value is -1.16. The Kier molecular flexibility index (Phi) is 3.83. The van der Waals surface area contributed by atoms with Gasteiger partial charge in [-0.1, -0.05) is 12.7 Å². The number of benzene rings is 1. The van der Waals surface area contributed by atoms with E-state index in [0.29, 0.717) is 4.47 Å². The molecule has 0 spiro atoms. The van der Waals surface area contributed by atoms with Crippen LogP contribution in [0.4, 0.5) is 4.39 Å². The monoisotopic (exact) mass is 258 g/mol. The molecule has 74 valence electrons. The molecule has 0 aliphatic carbocycles. The molecule has 14 heavy (non-hydrogen) atoms. The number of carbonyl (C=O) groups excluding carboxylic acids is 1. The maximum absolute atomic E-state index is 13.0. The fourth-order valence-corrected chi connectivity index (χ4v) is 1.09. The van der Waals surface area contributed by atoms with E-state index < -0.39 is 11.8 Å². The minimum atomic E-state index is -0.559. The van der Waals surface area contributed by atoms with Crippen LogP contribution >= 0.6 is 15.9 Å². The SMILES string of the molecule is C=CCOC(=O)c1ccc(Br)c(F)c1. The second-order valence-corrected chi connectivity index (χ2v) is 3.37. The quantitative estimate of drug-likeness (QED) is 0.616. The molecule has 0 heterocycles. The van der Waals surface area contributed by atoms with Crippen LogP contribution in [0.1, 0.15) is 10.4 Å². The molecule has 0 saturated carbocycles. The summed E-state index contributed by atoms with van der Waals surface area (Å²) >= 11 is 2.99. The molecule has 0 radical (unpaired) electrons. The van der Waals surface area contributed by atoms with Crippen LogP contribution in [0.3, 0.4) is 0 Å². The van der Waals surface area contributed by atoms with E-state index in [-0.39, 0.29) is 12.2 Å². The molecule has 0 unspecified atom stereocenters. The van der Waals surface area contributed by atoms with Gasteiger partial charge in [0.1, 0.15) is 12.4 Å². The van der Waals surface area contributed by atoms with Crippen LogP contribution in [0.5, 0.6) is 0 Å². The van der Waals surface area contributed by atoms with E-state index in [2.05, 4.69) is 22.5 Å². The summed E-state index contributed by atoms with van der Waals surface area (Å²) in [7, 11) is 0. The summed E-state index contributed by atoms with van der Waals surface area (Å²) in [4.78, 5) is 11.2. The second-order valence-electron chi connectivity index (χ2n) is 2.52. The van der Waals surface area contributed by atoms with E-state index in [1.54, 1.807) is 0 Å². The molecule has 0 aliphatic heterocycles. The van der Waals surface area contributed by atoms with E-state index >= 15 is 0 Å². The highest BCUT2D eigenvalue weighted by molar-refractivity contribution is 9.10. The Morgan fingerprint density at radius 2 is 2.36 bits per heavy atom. The zero-order chi connectivity index (χ0) is 10.6. The zero-order valence-corrected chi connectivity index (χ0v) is 8.88. The lowest BCUT2D eigenvalue weighted by molar-refractivity contribution is 0.0549. The molecule has 0 saturated heterocycles. The molecule has 0 N–H and O–H groups in total. The molecule has 1 aromatic carbocycles. The highest BCUT2D eigenvalue weighted by atomic mass is 79.9. The lowest BCUT2D eigenvalue weighted by atomic mass is 10.2. The smallest absolute Gasteiger partial charge is 0.338 e. The number of esters is 1. The second kappa shape index (κ2) is 4.91. The summed E-state index contributed by atoms with van der Waals surface area (Å²) in [5.41, 5.74) is 0.188. The predicted molar refractivity (Wildman–Crippen MR) is 54.6 cm³/mol. The van der Waals surface area contributed by atoms with Crippen molar-refractivity contribution in [3.05, 3.63) is 46.7 Å². The van der Waals surface area contributed by atoms with Gasteiger partial charge in [-0.15, -0.1) is 0 Å². The van der Waals surface area contributed by atoms with Crippen LogP contribution in [0.15, 0.2) is 35.3 Å². The molecule has 0 atom stereocenters. The first kappa shape index (κ1) is 10.9. The van der Waals surface area contributed by atoms with Crippen LogP contribution in [0, 0.1) is 5.82 Å². The van der Waals surface area contributed by atoms with Gasteiger partial charge in [0.25, 0.3) is 0 Å². The third-order valence-corrected chi connectivity index (χ3v) is 2.13. The first-order valence-corrected chi connectivity index (χ1v) is 4.67. The average Bonchev–Trinajstić information content (AvgIpc) is 2.18. The molecular formula is C10H8BrFO2. The van der Waals surface area contributed by atoms with E-state index in [9.17, 15) is 9.18 Å². The van der Waals surface area contributed by atoms with E-state index in [0.717, 1.165) is 6.07 Å². The van der Waals surface area contributed by atoms with Crippen molar-refractivity contribution in [1.82, 2.24) is 0 Å². The van der Waals surface area contributed by atoms with Gasteiger partial charge in [-0.25, -0.2) is 9.18 Å². The minimum absolute atomic E-state index is 0.122. The van der Waals surface area contributed by atoms with Crippen LogP contribution in [-0.2, 0) is 4.74 Å². The third-order valence-electron chi connectivity index (χ3n) is 1.49. The zero-order valence-electron chi connectivity index (χ0n) is 7.30. The first-order chi connectivity index (χ1) is 6.65. The van der Waals surface area contributed by atoms with Crippen molar-refractivity contribution in [3.8, 4) is 0 Å². The Morgan fingerprint density at radius 3 is 2.93 bits per heavy atom. The van der Waals surface area contributed by atoms with Gasteiger partial charge < -0.3 is 4.74 Å². The molecule has 0 bridgehead atoms. The van der Waals surface area contributed by atoms with Crippen molar-refractivity contribution < 1.29 is 13.9 Å². The summed E-state index contributed by atoms with van der Waals surface area (Å²) in [6.07, 6.45) is 1.45. The van der Waals surface area contributed by atoms with Crippen molar-refractivity contribution in [2.45, 2.75) is 0 Å². The summed E-state index contributed by atoms with van der Waals surface area (Å²) < 4.78 is 18.0. The van der Waals surface area contributed by atoms with Gasteiger partial charge in [-0.05, 0) is 34.1 Å². The van der Waals surface area contributed by atoms with Gasteiger partial charge in [-0.3, -0.25) is 0 Å². The van der Waals surface area contributed by atoms with Gasteiger partial charge >= 0.3 is 5.97 Å². The van der Waals surface area contributed by atoms with Crippen molar-refractivity contribution in [2.75, 3.05) is 6.61 Å². The topological polar surface area (TPSA) is 26.3 Å². The Morgan fingerprint density at radius 1 is 1.64 bits per heavy atom. The van der Waals surface area contributed by atoms with Crippen LogP contribution in [0.25, 0.3) is 0 Å². The lowest BCUT2D eigenvalue weighted by Gasteiger charge is -2.02. The summed E-state index contributed by atoms with van der Waals surface area (Å²) in [5.74, 6) is -1.05. The number of hydrogen-bond acceptors (Lipinski definition) is 2. The molecule has 0 aliphatic rings. The van der Waals surface area contributed by atoms with Crippen molar-refractivity contribution in [3.63, 3.8) is 0 Å². The largest absolute Gasteiger partial charge is 0.458 e. The van der Waals surface area contributed by atoms with Gasteiger partial charge in [-0.2, -0.15) is 0 Å². The van der Waals surface area contributed by atoms with Crippen molar-refractivity contribution in [1.29, 1.82) is 0 Å². The molecule has 2 nitrogen and oxygen atoms in total.